The predicted octanol–water partition coefficient (Wildman–Crippen LogP) is 2.52. The molecule has 1 aliphatic heterocycles. The lowest BCUT2D eigenvalue weighted by atomic mass is 10.0. The Kier molecular flexibility index (Phi) is 3.37. The smallest absolute Gasteiger partial charge is 0.259 e. The quantitative estimate of drug-likeness (QED) is 0.947. The van der Waals surface area contributed by atoms with Crippen molar-refractivity contribution in [2.45, 2.75) is 25.3 Å². The van der Waals surface area contributed by atoms with Gasteiger partial charge in [-0.05, 0) is 36.1 Å². The average molecular weight is 306 g/mol. The predicted molar refractivity (Wildman–Crippen MR) is 88.5 cm³/mol. The van der Waals surface area contributed by atoms with Crippen molar-refractivity contribution < 1.29 is 9.59 Å². The van der Waals surface area contributed by atoms with Crippen LogP contribution < -0.4 is 10.2 Å². The third-order valence-corrected chi connectivity index (χ3v) is 4.40. The minimum Gasteiger partial charge on any atom is -0.352 e. The molecule has 1 N–H and O–H groups in total. The van der Waals surface area contributed by atoms with E-state index in [9.17, 15) is 9.59 Å². The fourth-order valence-corrected chi connectivity index (χ4v) is 3.07. The maximum absolute atomic E-state index is 13.0. The summed E-state index contributed by atoms with van der Waals surface area (Å²) in [5.74, 6) is -0.188. The molecule has 0 atom stereocenters. The van der Waals surface area contributed by atoms with Gasteiger partial charge in [0.15, 0.2) is 0 Å². The van der Waals surface area contributed by atoms with Gasteiger partial charge in [0.1, 0.15) is 6.54 Å². The number of para-hydroxylation sites is 1. The first-order valence-electron chi connectivity index (χ1n) is 7.99. The second kappa shape index (κ2) is 5.54. The number of nitrogens with one attached hydrogen (secondary N) is 1. The lowest BCUT2D eigenvalue weighted by Gasteiger charge is -2.22. The lowest BCUT2D eigenvalue weighted by Crippen LogP contribution is -2.41. The summed E-state index contributed by atoms with van der Waals surface area (Å²) in [7, 11) is 0. The fourth-order valence-electron chi connectivity index (χ4n) is 3.07. The summed E-state index contributed by atoms with van der Waals surface area (Å²) in [6, 6.07) is 15.8. The molecule has 4 nitrogen and oxygen atoms in total. The van der Waals surface area contributed by atoms with Crippen molar-refractivity contribution in [3.8, 4) is 0 Å². The van der Waals surface area contributed by atoms with Crippen molar-refractivity contribution in [2.75, 3.05) is 11.4 Å². The Labute approximate surface area is 135 Å². The molecule has 1 aliphatic carbocycles. The summed E-state index contributed by atoms with van der Waals surface area (Å²) in [6.45, 7) is 0.0701. The first-order valence-corrected chi connectivity index (χ1v) is 7.99. The molecule has 23 heavy (non-hydrogen) atoms. The number of amides is 2. The summed E-state index contributed by atoms with van der Waals surface area (Å²) >= 11 is 0. The van der Waals surface area contributed by atoms with Gasteiger partial charge in [-0.15, -0.1) is 0 Å². The van der Waals surface area contributed by atoms with E-state index in [1.54, 1.807) is 4.90 Å². The number of anilines is 1. The summed E-state index contributed by atoms with van der Waals surface area (Å²) in [5, 5.41) is 2.96. The number of rotatable bonds is 3. The summed E-state index contributed by atoms with van der Waals surface area (Å²) in [4.78, 5) is 26.8. The third kappa shape index (κ3) is 2.72. The zero-order valence-electron chi connectivity index (χ0n) is 12.8. The molecule has 0 spiro atoms. The Hall–Kier alpha value is -2.62. The molecule has 2 aromatic carbocycles. The van der Waals surface area contributed by atoms with Crippen molar-refractivity contribution in [2.24, 2.45) is 0 Å². The molecule has 4 rings (SSSR count). The first kappa shape index (κ1) is 14.0. The Balaban J connectivity index is 1.73. The SMILES string of the molecule is O=C(CN1C(=O)c2ccccc2Cc2ccccc21)NC1CC1. The van der Waals surface area contributed by atoms with Gasteiger partial charge in [-0.3, -0.25) is 14.5 Å². The van der Waals surface area contributed by atoms with E-state index >= 15 is 0 Å². The number of hydrogen-bond acceptors (Lipinski definition) is 2. The minimum absolute atomic E-state index is 0.0701. The molecule has 0 bridgehead atoms. The molecule has 2 aromatic rings. The molecule has 1 heterocycles. The van der Waals surface area contributed by atoms with Crippen LogP contribution in [0.1, 0.15) is 34.3 Å². The van der Waals surface area contributed by atoms with Gasteiger partial charge in [0, 0.05) is 23.7 Å². The van der Waals surface area contributed by atoms with Crippen molar-refractivity contribution >= 4 is 17.5 Å². The van der Waals surface area contributed by atoms with E-state index in [4.69, 9.17) is 0 Å². The van der Waals surface area contributed by atoms with Crippen LogP contribution >= 0.6 is 0 Å². The second-order valence-corrected chi connectivity index (χ2v) is 6.20. The van der Waals surface area contributed by atoms with E-state index in [1.807, 2.05) is 48.5 Å². The maximum atomic E-state index is 13.0. The largest absolute Gasteiger partial charge is 0.352 e. The zero-order valence-corrected chi connectivity index (χ0v) is 12.8. The van der Waals surface area contributed by atoms with Gasteiger partial charge in [-0.25, -0.2) is 0 Å². The van der Waals surface area contributed by atoms with Crippen LogP contribution in [0.2, 0.25) is 0 Å². The van der Waals surface area contributed by atoms with Crippen LogP contribution in [0.25, 0.3) is 0 Å². The van der Waals surface area contributed by atoms with Crippen molar-refractivity contribution in [3.05, 3.63) is 65.2 Å². The Morgan fingerprint density at radius 2 is 1.74 bits per heavy atom. The van der Waals surface area contributed by atoms with E-state index in [0.717, 1.165) is 29.7 Å². The standard InChI is InChI=1S/C19H18N2O2/c22-18(20-15-9-10-15)12-21-17-8-4-2-6-14(17)11-13-5-1-3-7-16(13)19(21)23/h1-8,15H,9-12H2,(H,20,22). The minimum atomic E-state index is -0.100. The number of fused-ring (bicyclic) bond motifs is 2. The van der Waals surface area contributed by atoms with Crippen molar-refractivity contribution in [1.82, 2.24) is 5.32 Å². The highest BCUT2D eigenvalue weighted by atomic mass is 16.2. The molecule has 1 saturated carbocycles. The van der Waals surface area contributed by atoms with Gasteiger partial charge in [-0.2, -0.15) is 0 Å². The number of carbonyl (C=O) groups excluding carboxylic acids is 2. The fraction of sp³-hybridized carbons (Fsp3) is 0.263. The molecule has 0 aromatic heterocycles. The molecule has 0 saturated heterocycles. The molecular weight excluding hydrogens is 288 g/mol. The average Bonchev–Trinajstić information content (AvgIpc) is 3.37. The van der Waals surface area contributed by atoms with E-state index < -0.39 is 0 Å². The van der Waals surface area contributed by atoms with Crippen LogP contribution in [0.4, 0.5) is 5.69 Å². The molecule has 0 unspecified atom stereocenters. The highest BCUT2D eigenvalue weighted by molar-refractivity contribution is 6.10. The number of nitrogens with zero attached hydrogens (tertiary/aromatic N) is 1. The van der Waals surface area contributed by atoms with Crippen LogP contribution in [-0.4, -0.2) is 24.4 Å². The monoisotopic (exact) mass is 306 g/mol. The lowest BCUT2D eigenvalue weighted by molar-refractivity contribution is -0.119. The molecular formula is C19H18N2O2. The summed E-state index contributed by atoms with van der Waals surface area (Å²) in [5.41, 5.74) is 3.60. The summed E-state index contributed by atoms with van der Waals surface area (Å²) in [6.07, 6.45) is 2.79. The van der Waals surface area contributed by atoms with Crippen LogP contribution in [0.3, 0.4) is 0 Å². The molecule has 0 radical (unpaired) electrons. The first-order chi connectivity index (χ1) is 11.2. The Bertz CT molecular complexity index is 780. The van der Waals surface area contributed by atoms with Gasteiger partial charge in [0.25, 0.3) is 5.91 Å². The zero-order chi connectivity index (χ0) is 15.8. The molecule has 2 aliphatic rings. The van der Waals surface area contributed by atoms with E-state index in [1.165, 1.54) is 0 Å². The van der Waals surface area contributed by atoms with Crippen molar-refractivity contribution in [1.29, 1.82) is 0 Å². The number of benzene rings is 2. The second-order valence-electron chi connectivity index (χ2n) is 6.20. The topological polar surface area (TPSA) is 49.4 Å². The molecule has 1 fully saturated rings. The highest BCUT2D eigenvalue weighted by Crippen LogP contribution is 2.30. The number of hydrogen-bond donors (Lipinski definition) is 1. The van der Waals surface area contributed by atoms with Crippen LogP contribution in [0, 0.1) is 0 Å². The van der Waals surface area contributed by atoms with E-state index in [0.29, 0.717) is 18.0 Å². The Morgan fingerprint density at radius 3 is 2.52 bits per heavy atom. The van der Waals surface area contributed by atoms with E-state index in [2.05, 4.69) is 5.32 Å². The summed E-state index contributed by atoms with van der Waals surface area (Å²) < 4.78 is 0. The molecule has 2 amide bonds. The number of carbonyl (C=O) groups is 2. The van der Waals surface area contributed by atoms with Gasteiger partial charge >= 0.3 is 0 Å². The van der Waals surface area contributed by atoms with Crippen LogP contribution in [0.5, 0.6) is 0 Å². The van der Waals surface area contributed by atoms with Crippen LogP contribution in [0.15, 0.2) is 48.5 Å². The normalized spacial score (nSPS) is 16.3. The van der Waals surface area contributed by atoms with Gasteiger partial charge < -0.3 is 5.32 Å². The molecule has 4 heteroatoms. The van der Waals surface area contributed by atoms with Gasteiger partial charge in [-0.1, -0.05) is 36.4 Å². The maximum Gasteiger partial charge on any atom is 0.259 e. The Morgan fingerprint density at radius 1 is 1.04 bits per heavy atom. The highest BCUT2D eigenvalue weighted by Gasteiger charge is 2.29. The van der Waals surface area contributed by atoms with Gasteiger partial charge in [0.2, 0.25) is 5.91 Å². The third-order valence-electron chi connectivity index (χ3n) is 4.40. The van der Waals surface area contributed by atoms with Gasteiger partial charge in [0.05, 0.1) is 0 Å². The molecule has 116 valence electrons. The van der Waals surface area contributed by atoms with Crippen molar-refractivity contribution in [3.63, 3.8) is 0 Å². The van der Waals surface area contributed by atoms with Crippen LogP contribution in [-0.2, 0) is 11.2 Å². The van der Waals surface area contributed by atoms with E-state index in [-0.39, 0.29) is 18.4 Å².